The second-order valence-electron chi connectivity index (χ2n) is 7.50. The van der Waals surface area contributed by atoms with Gasteiger partial charge < -0.3 is 14.7 Å². The van der Waals surface area contributed by atoms with Crippen molar-refractivity contribution in [2.24, 2.45) is 0 Å². The number of aryl methyl sites for hydroxylation is 2. The molecule has 2 aliphatic heterocycles. The number of carbonyl (C=O) groups excluding carboxylic acids is 1. The number of nitrogens with zero attached hydrogens (tertiary/aromatic N) is 3. The molecule has 0 saturated carbocycles. The maximum absolute atomic E-state index is 12.1. The lowest BCUT2D eigenvalue weighted by atomic mass is 9.85. The van der Waals surface area contributed by atoms with Gasteiger partial charge in [-0.25, -0.2) is 4.98 Å². The summed E-state index contributed by atoms with van der Waals surface area (Å²) in [6.45, 7) is 7.40. The van der Waals surface area contributed by atoms with Crippen LogP contribution in [0.2, 0.25) is 0 Å². The summed E-state index contributed by atoms with van der Waals surface area (Å²) in [5, 5.41) is 9.58. The Bertz CT molecular complexity index is 869. The van der Waals surface area contributed by atoms with Crippen molar-refractivity contribution >= 4 is 17.2 Å². The number of piperidine rings is 1. The summed E-state index contributed by atoms with van der Waals surface area (Å²) < 4.78 is 6.30. The molecule has 6 nitrogen and oxygen atoms in total. The van der Waals surface area contributed by atoms with Gasteiger partial charge in [0.25, 0.3) is 5.91 Å². The molecule has 144 valence electrons. The van der Waals surface area contributed by atoms with Crippen LogP contribution in [0.5, 0.6) is 0 Å². The first kappa shape index (κ1) is 18.5. The predicted molar refractivity (Wildman–Crippen MR) is 104 cm³/mol. The summed E-state index contributed by atoms with van der Waals surface area (Å²) in [5.41, 5.74) is 3.81. The molecule has 27 heavy (non-hydrogen) atoms. The second-order valence-corrected chi connectivity index (χ2v) is 8.56. The van der Waals surface area contributed by atoms with E-state index in [1.54, 1.807) is 22.4 Å². The van der Waals surface area contributed by atoms with Crippen LogP contribution in [0.25, 0.3) is 10.6 Å². The first-order valence-electron chi connectivity index (χ1n) is 9.44. The van der Waals surface area contributed by atoms with Gasteiger partial charge in [-0.1, -0.05) is 0 Å². The Morgan fingerprint density at radius 2 is 2.11 bits per heavy atom. The van der Waals surface area contributed by atoms with E-state index in [1.165, 1.54) is 17.4 Å². The lowest BCUT2D eigenvalue weighted by Gasteiger charge is -2.44. The van der Waals surface area contributed by atoms with Crippen LogP contribution < -0.4 is 0 Å². The van der Waals surface area contributed by atoms with Crippen molar-refractivity contribution in [3.63, 3.8) is 0 Å². The summed E-state index contributed by atoms with van der Waals surface area (Å²) in [4.78, 5) is 25.4. The molecule has 1 fully saturated rings. The van der Waals surface area contributed by atoms with Gasteiger partial charge in [0.2, 0.25) is 0 Å². The van der Waals surface area contributed by atoms with Gasteiger partial charge in [0, 0.05) is 24.2 Å². The minimum Gasteiger partial charge on any atom is -0.384 e. The van der Waals surface area contributed by atoms with Gasteiger partial charge in [0.15, 0.2) is 0 Å². The highest BCUT2D eigenvalue weighted by atomic mass is 32.1. The number of hydrogen-bond acceptors (Lipinski definition) is 6. The number of carbonyl (C=O) groups is 1. The van der Waals surface area contributed by atoms with E-state index in [0.29, 0.717) is 19.7 Å². The lowest BCUT2D eigenvalue weighted by Crippen LogP contribution is -2.49. The molecule has 2 aromatic rings. The van der Waals surface area contributed by atoms with Crippen molar-refractivity contribution in [2.45, 2.75) is 51.7 Å². The van der Waals surface area contributed by atoms with Crippen molar-refractivity contribution in [1.82, 2.24) is 14.9 Å². The van der Waals surface area contributed by atoms with Crippen LogP contribution in [-0.2, 0) is 21.6 Å². The van der Waals surface area contributed by atoms with E-state index in [0.717, 1.165) is 41.2 Å². The largest absolute Gasteiger partial charge is 0.384 e. The van der Waals surface area contributed by atoms with E-state index in [4.69, 9.17) is 9.72 Å². The Balaban J connectivity index is 1.64. The van der Waals surface area contributed by atoms with Crippen LogP contribution in [0.3, 0.4) is 0 Å². The van der Waals surface area contributed by atoms with Crippen molar-refractivity contribution in [3.05, 3.63) is 34.1 Å². The molecule has 0 radical (unpaired) electrons. The maximum atomic E-state index is 12.1. The highest BCUT2D eigenvalue weighted by Crippen LogP contribution is 2.47. The molecule has 4 rings (SSSR count). The zero-order chi connectivity index (χ0) is 19.2. The number of aliphatic hydroxyl groups is 1. The Kier molecular flexibility index (Phi) is 4.78. The molecule has 4 heterocycles. The van der Waals surface area contributed by atoms with Crippen LogP contribution >= 0.6 is 11.3 Å². The van der Waals surface area contributed by atoms with Gasteiger partial charge in [-0.2, -0.15) is 0 Å². The van der Waals surface area contributed by atoms with Gasteiger partial charge in [-0.05, 0) is 51.7 Å². The zero-order valence-corrected chi connectivity index (χ0v) is 16.8. The Hall–Kier alpha value is -1.83. The molecule has 0 bridgehead atoms. The predicted octanol–water partition coefficient (Wildman–Crippen LogP) is 2.59. The van der Waals surface area contributed by atoms with E-state index >= 15 is 0 Å². The summed E-state index contributed by atoms with van der Waals surface area (Å²) in [5.74, 6) is -0.196. The van der Waals surface area contributed by atoms with E-state index < -0.39 is 6.10 Å². The molecular weight excluding hydrogens is 362 g/mol. The van der Waals surface area contributed by atoms with E-state index in [1.807, 2.05) is 13.8 Å². The van der Waals surface area contributed by atoms with E-state index in [9.17, 15) is 9.90 Å². The molecule has 7 heteroatoms. The van der Waals surface area contributed by atoms with E-state index in [-0.39, 0.29) is 11.5 Å². The second kappa shape index (κ2) is 6.96. The maximum Gasteiger partial charge on any atom is 0.251 e. The fraction of sp³-hybridized carbons (Fsp3) is 0.550. The molecule has 1 N–H and O–H groups in total. The zero-order valence-electron chi connectivity index (χ0n) is 16.0. The summed E-state index contributed by atoms with van der Waals surface area (Å²) in [7, 11) is 0. The first-order valence-corrected chi connectivity index (χ1v) is 10.3. The number of thiophene rings is 1. The average molecular weight is 388 g/mol. The van der Waals surface area contributed by atoms with Crippen molar-refractivity contribution in [1.29, 1.82) is 0 Å². The topological polar surface area (TPSA) is 75.6 Å². The van der Waals surface area contributed by atoms with Crippen molar-refractivity contribution in [2.75, 3.05) is 19.7 Å². The highest BCUT2D eigenvalue weighted by Gasteiger charge is 2.43. The average Bonchev–Trinajstić information content (AvgIpc) is 3.09. The quantitative estimate of drug-likeness (QED) is 0.857. The third-order valence-corrected chi connectivity index (χ3v) is 6.89. The molecule has 0 aromatic carbocycles. The fourth-order valence-corrected chi connectivity index (χ4v) is 5.49. The monoisotopic (exact) mass is 387 g/mol. The number of ether oxygens (including phenoxy) is 1. The number of fused-ring (bicyclic) bond motifs is 2. The fourth-order valence-electron chi connectivity index (χ4n) is 4.03. The third kappa shape index (κ3) is 3.28. The minimum atomic E-state index is -0.946. The Labute approximate surface area is 163 Å². The number of rotatable bonds is 2. The molecule has 0 unspecified atom stereocenters. The SMILES string of the molecule is Cc1cnc(C)c(-c2cc3c(s2)C2(CCN(C(=O)[C@@H](C)O)CC2)OCC3)n1. The van der Waals surface area contributed by atoms with E-state index in [2.05, 4.69) is 11.1 Å². The molecule has 1 saturated heterocycles. The van der Waals surface area contributed by atoms with Gasteiger partial charge in [0.05, 0.1) is 22.9 Å². The van der Waals surface area contributed by atoms with Crippen LogP contribution in [0.4, 0.5) is 0 Å². The number of aliphatic hydroxyl groups excluding tert-OH is 1. The third-order valence-electron chi connectivity index (χ3n) is 5.52. The molecule has 0 aliphatic carbocycles. The molecule has 2 aromatic heterocycles. The first-order chi connectivity index (χ1) is 12.9. The normalized spacial score (nSPS) is 19.8. The summed E-state index contributed by atoms with van der Waals surface area (Å²) in [6.07, 6.45) is 3.28. The smallest absolute Gasteiger partial charge is 0.251 e. The van der Waals surface area contributed by atoms with Crippen molar-refractivity contribution < 1.29 is 14.6 Å². The Morgan fingerprint density at radius 3 is 2.81 bits per heavy atom. The molecular formula is C20H25N3O3S. The number of likely N-dealkylation sites (tertiary alicyclic amines) is 1. The molecule has 2 aliphatic rings. The molecule has 1 amide bonds. The van der Waals surface area contributed by atoms with Gasteiger partial charge in [-0.15, -0.1) is 11.3 Å². The minimum absolute atomic E-state index is 0.196. The van der Waals surface area contributed by atoms with Crippen LogP contribution in [-0.4, -0.2) is 51.7 Å². The van der Waals surface area contributed by atoms with Crippen molar-refractivity contribution in [3.8, 4) is 10.6 Å². The lowest BCUT2D eigenvalue weighted by molar-refractivity contribution is -0.147. The Morgan fingerprint density at radius 1 is 1.37 bits per heavy atom. The number of amides is 1. The van der Waals surface area contributed by atoms with Crippen LogP contribution in [0, 0.1) is 13.8 Å². The number of hydrogen-bond donors (Lipinski definition) is 1. The van der Waals surface area contributed by atoms with Crippen LogP contribution in [0.1, 0.15) is 41.6 Å². The van der Waals surface area contributed by atoms with Crippen LogP contribution in [0.15, 0.2) is 12.3 Å². The van der Waals surface area contributed by atoms with Gasteiger partial charge in [0.1, 0.15) is 17.4 Å². The molecule has 1 spiro atoms. The molecule has 1 atom stereocenters. The van der Waals surface area contributed by atoms with Gasteiger partial charge in [-0.3, -0.25) is 9.78 Å². The summed E-state index contributed by atoms with van der Waals surface area (Å²) >= 11 is 1.75. The number of aromatic nitrogens is 2. The standard InChI is InChI=1S/C20H25N3O3S/c1-12-11-21-13(2)17(22-12)16-10-15-4-9-26-20(18(15)27-16)5-7-23(8-6-20)19(25)14(3)24/h10-11,14,24H,4-9H2,1-3H3/t14-/m1/s1. The van der Waals surface area contributed by atoms with Gasteiger partial charge >= 0.3 is 0 Å². The summed E-state index contributed by atoms with van der Waals surface area (Å²) in [6, 6.07) is 2.24. The highest BCUT2D eigenvalue weighted by molar-refractivity contribution is 7.15.